The van der Waals surface area contributed by atoms with Crippen LogP contribution in [-0.4, -0.2) is 24.2 Å². The summed E-state index contributed by atoms with van der Waals surface area (Å²) >= 11 is 0. The van der Waals surface area contributed by atoms with Gasteiger partial charge in [-0.1, -0.05) is 72.8 Å². The highest BCUT2D eigenvalue weighted by atomic mass is 16.1. The Hall–Kier alpha value is -4.82. The number of rotatable bonds is 12. The van der Waals surface area contributed by atoms with Crippen molar-refractivity contribution in [1.82, 2.24) is 0 Å². The van der Waals surface area contributed by atoms with Crippen LogP contribution in [0.15, 0.2) is 103 Å². The van der Waals surface area contributed by atoms with E-state index in [0.717, 1.165) is 33.4 Å². The summed E-state index contributed by atoms with van der Waals surface area (Å²) in [7, 11) is 0. The molecule has 0 fully saturated rings. The molecule has 0 saturated heterocycles. The molecule has 0 atom stereocenters. The van der Waals surface area contributed by atoms with Crippen LogP contribution in [-0.2, 0) is 42.8 Å². The van der Waals surface area contributed by atoms with Crippen LogP contribution in [0.2, 0.25) is 0 Å². The topological polar surface area (TPSA) is 108 Å². The standard InChI is InChI=1S/C40H48N6O2/c1-35(2,41-25-43-37(5,6)31-18-14-20-33(23-31)39(9,10)45-27-47)29-16-13-17-30(22-29)36(3,4)42-26-44-38(7,8)32-19-15-21-34(24-32)40(11,12)46-28-48/h13-24H,1-12H3. The van der Waals surface area contributed by atoms with Gasteiger partial charge in [-0.25, -0.2) is 29.6 Å². The lowest BCUT2D eigenvalue weighted by Gasteiger charge is -2.25. The van der Waals surface area contributed by atoms with Gasteiger partial charge in [0.15, 0.2) is 0 Å². The molecule has 0 N–H and O–H groups in total. The molecule has 0 bridgehead atoms. The average molecular weight is 645 g/mol. The van der Waals surface area contributed by atoms with E-state index in [1.807, 2.05) is 150 Å². The van der Waals surface area contributed by atoms with Crippen LogP contribution in [0.3, 0.4) is 0 Å². The predicted molar refractivity (Wildman–Crippen MR) is 193 cm³/mol. The third-order valence-electron chi connectivity index (χ3n) is 8.79. The molecule has 0 saturated carbocycles. The minimum Gasteiger partial charge on any atom is -0.215 e. The van der Waals surface area contributed by atoms with Crippen LogP contribution in [0, 0.1) is 0 Å². The van der Waals surface area contributed by atoms with Gasteiger partial charge in [0.25, 0.3) is 0 Å². The van der Waals surface area contributed by atoms with Crippen molar-refractivity contribution in [2.24, 2.45) is 30.0 Å². The number of nitrogens with zero attached hydrogens (tertiary/aromatic N) is 6. The maximum Gasteiger partial charge on any atom is 0.235 e. The zero-order valence-electron chi connectivity index (χ0n) is 30.4. The Morgan fingerprint density at radius 2 is 0.542 bits per heavy atom. The smallest absolute Gasteiger partial charge is 0.215 e. The third kappa shape index (κ3) is 9.16. The molecule has 250 valence electrons. The van der Waals surface area contributed by atoms with Crippen molar-refractivity contribution >= 4 is 24.2 Å². The quantitative estimate of drug-likeness (QED) is 0.145. The van der Waals surface area contributed by atoms with Gasteiger partial charge < -0.3 is 0 Å². The summed E-state index contributed by atoms with van der Waals surface area (Å²) in [6.45, 7) is 23.6. The summed E-state index contributed by atoms with van der Waals surface area (Å²) in [4.78, 5) is 48.7. The van der Waals surface area contributed by atoms with E-state index in [0.29, 0.717) is 0 Å². The molecule has 0 spiro atoms. The zero-order valence-corrected chi connectivity index (χ0v) is 30.4. The van der Waals surface area contributed by atoms with Crippen molar-refractivity contribution in [1.29, 1.82) is 0 Å². The first-order chi connectivity index (χ1) is 22.2. The van der Waals surface area contributed by atoms with Crippen LogP contribution in [0.25, 0.3) is 0 Å². The highest BCUT2D eigenvalue weighted by Gasteiger charge is 2.27. The van der Waals surface area contributed by atoms with Gasteiger partial charge >= 0.3 is 0 Å². The Bertz CT molecular complexity index is 1740. The van der Waals surface area contributed by atoms with Crippen LogP contribution < -0.4 is 0 Å². The number of hydrogen-bond acceptors (Lipinski definition) is 8. The van der Waals surface area contributed by atoms with E-state index in [1.165, 1.54) is 0 Å². The summed E-state index contributed by atoms with van der Waals surface area (Å²) in [6, 6.07) is 29.9. The molecule has 0 aromatic heterocycles. The molecule has 8 nitrogen and oxygen atoms in total. The van der Waals surface area contributed by atoms with Crippen molar-refractivity contribution < 1.29 is 9.59 Å². The van der Waals surface area contributed by atoms with Crippen LogP contribution in [0.1, 0.15) is 116 Å². The molecule has 3 aromatic rings. The SMILES string of the molecule is CC(C)(N=C=O)c1cccc(C(C)(C)N=C=NC(C)(C)c2cccc(C(C)(C)N=C=NC(C)(C)c3cccc(C(C)(C)N=C=O)c3)c2)c1. The Morgan fingerprint density at radius 1 is 0.354 bits per heavy atom. The summed E-state index contributed by atoms with van der Waals surface area (Å²) in [5.41, 5.74) is 1.91. The second-order valence-corrected chi connectivity index (χ2v) is 15.1. The van der Waals surface area contributed by atoms with E-state index in [4.69, 9.17) is 20.0 Å². The number of aliphatic imine (C=N–C) groups is 6. The summed E-state index contributed by atoms with van der Waals surface area (Å²) in [6.07, 6.45) is 3.35. The summed E-state index contributed by atoms with van der Waals surface area (Å²) < 4.78 is 0. The van der Waals surface area contributed by atoms with Gasteiger partial charge in [-0.05, 0) is 116 Å². The zero-order chi connectivity index (χ0) is 36.0. The van der Waals surface area contributed by atoms with Crippen molar-refractivity contribution in [3.8, 4) is 0 Å². The Balaban J connectivity index is 1.87. The highest BCUT2D eigenvalue weighted by molar-refractivity contribution is 5.49. The third-order valence-corrected chi connectivity index (χ3v) is 8.79. The number of benzene rings is 3. The van der Waals surface area contributed by atoms with E-state index < -0.39 is 33.2 Å². The normalized spacial score (nSPS) is 12.4. The van der Waals surface area contributed by atoms with Crippen molar-refractivity contribution in [3.05, 3.63) is 106 Å². The lowest BCUT2D eigenvalue weighted by molar-refractivity contribution is 0.516. The first-order valence-corrected chi connectivity index (χ1v) is 16.1. The van der Waals surface area contributed by atoms with Gasteiger partial charge in [-0.3, -0.25) is 0 Å². The Kier molecular flexibility index (Phi) is 11.1. The van der Waals surface area contributed by atoms with E-state index in [2.05, 4.69) is 28.1 Å². The predicted octanol–water partition coefficient (Wildman–Crippen LogP) is 9.52. The van der Waals surface area contributed by atoms with Gasteiger partial charge in [-0.15, -0.1) is 0 Å². The first-order valence-electron chi connectivity index (χ1n) is 16.1. The fraction of sp³-hybridized carbons (Fsp3) is 0.450. The summed E-state index contributed by atoms with van der Waals surface area (Å²) in [5, 5.41) is 0. The number of hydrogen-bond donors (Lipinski definition) is 0. The van der Waals surface area contributed by atoms with Crippen molar-refractivity contribution in [3.63, 3.8) is 0 Å². The molecule has 3 aromatic carbocycles. The van der Waals surface area contributed by atoms with Gasteiger partial charge in [0.05, 0.1) is 45.3 Å². The Labute approximate surface area is 285 Å². The van der Waals surface area contributed by atoms with Gasteiger partial charge in [-0.2, -0.15) is 9.98 Å². The fourth-order valence-electron chi connectivity index (χ4n) is 5.01. The monoisotopic (exact) mass is 644 g/mol. The minimum absolute atomic E-state index is 0.608. The molecular formula is C40H48N6O2. The maximum atomic E-state index is 10.9. The molecule has 3 rings (SSSR count). The van der Waals surface area contributed by atoms with Crippen molar-refractivity contribution in [2.75, 3.05) is 0 Å². The maximum absolute atomic E-state index is 10.9. The van der Waals surface area contributed by atoms with E-state index in [9.17, 15) is 9.59 Å². The van der Waals surface area contributed by atoms with Gasteiger partial charge in [0.1, 0.15) is 0 Å². The van der Waals surface area contributed by atoms with Gasteiger partial charge in [0, 0.05) is 0 Å². The van der Waals surface area contributed by atoms with Crippen LogP contribution >= 0.6 is 0 Å². The van der Waals surface area contributed by atoms with E-state index in [1.54, 1.807) is 12.2 Å². The average Bonchev–Trinajstić information content (AvgIpc) is 3.01. The molecule has 0 radical (unpaired) electrons. The minimum atomic E-state index is -0.684. The molecule has 0 amide bonds. The summed E-state index contributed by atoms with van der Waals surface area (Å²) in [5.74, 6) is 0. The molecule has 48 heavy (non-hydrogen) atoms. The largest absolute Gasteiger partial charge is 0.235 e. The molecule has 8 heteroatoms. The lowest BCUT2D eigenvalue weighted by Crippen LogP contribution is -2.19. The molecule has 0 aliphatic heterocycles. The second kappa shape index (κ2) is 14.1. The molecule has 0 unspecified atom stereocenters. The molecule has 0 aliphatic carbocycles. The van der Waals surface area contributed by atoms with Crippen LogP contribution in [0.5, 0.6) is 0 Å². The Morgan fingerprint density at radius 3 is 0.729 bits per heavy atom. The van der Waals surface area contributed by atoms with E-state index in [-0.39, 0.29) is 0 Å². The molecular weight excluding hydrogens is 596 g/mol. The number of carbonyl (C=O) groups excluding carboxylic acids is 2. The highest BCUT2D eigenvalue weighted by Crippen LogP contribution is 2.34. The second-order valence-electron chi connectivity index (χ2n) is 15.1. The first kappa shape index (κ1) is 37.6. The van der Waals surface area contributed by atoms with E-state index >= 15 is 0 Å². The molecule has 0 heterocycles. The van der Waals surface area contributed by atoms with Crippen LogP contribution in [0.4, 0.5) is 0 Å². The van der Waals surface area contributed by atoms with Gasteiger partial charge in [0.2, 0.25) is 12.2 Å². The fourth-order valence-corrected chi connectivity index (χ4v) is 5.01. The lowest BCUT2D eigenvalue weighted by atomic mass is 9.88. The van der Waals surface area contributed by atoms with Crippen molar-refractivity contribution in [2.45, 2.75) is 116 Å². The number of isocyanates is 2. The molecule has 0 aliphatic rings.